The smallest absolute Gasteiger partial charge is 0.120 e. The molecule has 4 aliphatic rings. The molecule has 0 radical (unpaired) electrons. The molecule has 0 aromatic heterocycles. The Bertz CT molecular complexity index is 534. The SMILES string of the molecule is CC(CCC=O)C1CCC2C3CCC4CC(O)CCC4(C)C3CCC12O. The monoisotopic (exact) mass is 362 g/mol. The van der Waals surface area contributed by atoms with Crippen LogP contribution in [0.25, 0.3) is 0 Å². The lowest BCUT2D eigenvalue weighted by molar-refractivity contribution is -0.167. The van der Waals surface area contributed by atoms with Gasteiger partial charge in [0, 0.05) is 6.42 Å². The molecular formula is C23H38O3. The molecule has 0 aromatic rings. The number of carbonyl (C=O) groups is 1. The van der Waals surface area contributed by atoms with Gasteiger partial charge in [0.1, 0.15) is 6.29 Å². The van der Waals surface area contributed by atoms with Crippen molar-refractivity contribution in [3.8, 4) is 0 Å². The van der Waals surface area contributed by atoms with Crippen molar-refractivity contribution in [2.45, 2.75) is 96.2 Å². The predicted octanol–water partition coefficient (Wildman–Crippen LogP) is 4.35. The molecule has 3 heteroatoms. The van der Waals surface area contributed by atoms with Crippen LogP contribution < -0.4 is 0 Å². The lowest BCUT2D eigenvalue weighted by atomic mass is 9.46. The molecule has 4 saturated carbocycles. The Morgan fingerprint density at radius 1 is 1.08 bits per heavy atom. The van der Waals surface area contributed by atoms with Gasteiger partial charge in [-0.05, 0) is 105 Å². The summed E-state index contributed by atoms with van der Waals surface area (Å²) in [6.45, 7) is 4.76. The maximum atomic E-state index is 11.8. The van der Waals surface area contributed by atoms with Crippen molar-refractivity contribution in [2.75, 3.05) is 0 Å². The summed E-state index contributed by atoms with van der Waals surface area (Å²) in [7, 11) is 0. The number of hydrogen-bond donors (Lipinski definition) is 2. The molecule has 0 aliphatic heterocycles. The highest BCUT2D eigenvalue weighted by Gasteiger charge is 2.61. The van der Waals surface area contributed by atoms with Gasteiger partial charge in [-0.15, -0.1) is 0 Å². The Kier molecular flexibility index (Phi) is 5.01. The third kappa shape index (κ3) is 2.80. The molecule has 0 amide bonds. The second kappa shape index (κ2) is 6.88. The summed E-state index contributed by atoms with van der Waals surface area (Å²) in [6, 6.07) is 0. The molecule has 0 heterocycles. The van der Waals surface area contributed by atoms with Crippen molar-refractivity contribution in [1.82, 2.24) is 0 Å². The number of aliphatic hydroxyl groups excluding tert-OH is 1. The van der Waals surface area contributed by atoms with E-state index in [1.165, 1.54) is 25.7 Å². The third-order valence-electron chi connectivity index (χ3n) is 9.59. The molecule has 9 atom stereocenters. The van der Waals surface area contributed by atoms with E-state index in [2.05, 4.69) is 13.8 Å². The van der Waals surface area contributed by atoms with Crippen LogP contribution in [0.15, 0.2) is 0 Å². The van der Waals surface area contributed by atoms with Crippen LogP contribution in [0.3, 0.4) is 0 Å². The first-order chi connectivity index (χ1) is 12.4. The first-order valence-electron chi connectivity index (χ1n) is 11.2. The zero-order chi connectivity index (χ0) is 18.5. The first-order valence-corrected chi connectivity index (χ1v) is 11.2. The standard InChI is InChI=1S/C23H38O3/c1-15(4-3-13-24)19-7-8-21-18-6-5-16-14-17(25)9-11-22(16,2)20(18)10-12-23(19,21)26/h13,15-21,25-26H,3-12,14H2,1-2H3. The van der Waals surface area contributed by atoms with Crippen LogP contribution in [0.1, 0.15) is 84.5 Å². The molecule has 0 aromatic carbocycles. The minimum absolute atomic E-state index is 0.0836. The number of aliphatic hydroxyl groups is 2. The predicted molar refractivity (Wildman–Crippen MR) is 103 cm³/mol. The number of hydrogen-bond acceptors (Lipinski definition) is 3. The molecule has 0 saturated heterocycles. The molecule has 26 heavy (non-hydrogen) atoms. The van der Waals surface area contributed by atoms with Gasteiger partial charge in [-0.25, -0.2) is 0 Å². The van der Waals surface area contributed by atoms with E-state index in [0.717, 1.165) is 50.7 Å². The number of aldehydes is 1. The molecule has 3 nitrogen and oxygen atoms in total. The molecule has 148 valence electrons. The third-order valence-corrected chi connectivity index (χ3v) is 9.59. The minimum Gasteiger partial charge on any atom is -0.393 e. The van der Waals surface area contributed by atoms with E-state index in [1.54, 1.807) is 0 Å². The van der Waals surface area contributed by atoms with Crippen LogP contribution in [0.5, 0.6) is 0 Å². The molecule has 4 rings (SSSR count). The highest BCUT2D eigenvalue weighted by Crippen LogP contribution is 2.65. The Morgan fingerprint density at radius 3 is 2.65 bits per heavy atom. The molecule has 4 aliphatic carbocycles. The fraction of sp³-hybridized carbons (Fsp3) is 0.957. The Hall–Kier alpha value is -0.410. The maximum Gasteiger partial charge on any atom is 0.120 e. The van der Waals surface area contributed by atoms with Crippen molar-refractivity contribution in [1.29, 1.82) is 0 Å². The zero-order valence-electron chi connectivity index (χ0n) is 16.7. The van der Waals surface area contributed by atoms with Gasteiger partial charge >= 0.3 is 0 Å². The second-order valence-corrected chi connectivity index (χ2v) is 10.5. The van der Waals surface area contributed by atoms with Gasteiger partial charge in [-0.1, -0.05) is 13.8 Å². The average molecular weight is 363 g/mol. The highest BCUT2D eigenvalue weighted by molar-refractivity contribution is 5.49. The van der Waals surface area contributed by atoms with E-state index < -0.39 is 5.60 Å². The van der Waals surface area contributed by atoms with Crippen LogP contribution in [0, 0.1) is 40.9 Å². The summed E-state index contributed by atoms with van der Waals surface area (Å²) in [5.74, 6) is 3.39. The second-order valence-electron chi connectivity index (χ2n) is 10.5. The molecule has 0 spiro atoms. The molecule has 0 bridgehead atoms. The van der Waals surface area contributed by atoms with Crippen molar-refractivity contribution >= 4 is 6.29 Å². The maximum absolute atomic E-state index is 11.8. The van der Waals surface area contributed by atoms with Crippen molar-refractivity contribution in [3.05, 3.63) is 0 Å². The van der Waals surface area contributed by atoms with Crippen LogP contribution in [-0.4, -0.2) is 28.2 Å². The van der Waals surface area contributed by atoms with Gasteiger partial charge in [0.2, 0.25) is 0 Å². The van der Waals surface area contributed by atoms with Crippen LogP contribution in [0.4, 0.5) is 0 Å². The van der Waals surface area contributed by atoms with Gasteiger partial charge in [0.05, 0.1) is 11.7 Å². The largest absolute Gasteiger partial charge is 0.393 e. The van der Waals surface area contributed by atoms with E-state index in [1.807, 2.05) is 0 Å². The van der Waals surface area contributed by atoms with E-state index in [-0.39, 0.29) is 6.10 Å². The Balaban J connectivity index is 1.53. The molecular weight excluding hydrogens is 324 g/mol. The van der Waals surface area contributed by atoms with E-state index in [4.69, 9.17) is 0 Å². The van der Waals surface area contributed by atoms with Crippen molar-refractivity contribution in [3.63, 3.8) is 0 Å². The number of rotatable bonds is 4. The Morgan fingerprint density at radius 2 is 1.88 bits per heavy atom. The van der Waals surface area contributed by atoms with Crippen LogP contribution >= 0.6 is 0 Å². The quantitative estimate of drug-likeness (QED) is 0.731. The molecule has 9 unspecified atom stereocenters. The fourth-order valence-electron chi connectivity index (χ4n) is 8.23. The Labute approximate surface area is 158 Å². The summed E-state index contributed by atoms with van der Waals surface area (Å²) in [4.78, 5) is 10.8. The molecule has 2 N–H and O–H groups in total. The topological polar surface area (TPSA) is 57.5 Å². The van der Waals surface area contributed by atoms with Crippen LogP contribution in [-0.2, 0) is 4.79 Å². The highest BCUT2D eigenvalue weighted by atomic mass is 16.3. The van der Waals surface area contributed by atoms with Crippen molar-refractivity contribution < 1.29 is 15.0 Å². The van der Waals surface area contributed by atoms with Gasteiger partial charge in [-0.2, -0.15) is 0 Å². The van der Waals surface area contributed by atoms with E-state index >= 15 is 0 Å². The van der Waals surface area contributed by atoms with Gasteiger partial charge < -0.3 is 15.0 Å². The summed E-state index contributed by atoms with van der Waals surface area (Å²) < 4.78 is 0. The normalized spacial score (nSPS) is 51.8. The van der Waals surface area contributed by atoms with Crippen molar-refractivity contribution in [2.24, 2.45) is 40.9 Å². The van der Waals surface area contributed by atoms with Crippen LogP contribution in [0.2, 0.25) is 0 Å². The zero-order valence-corrected chi connectivity index (χ0v) is 16.7. The van der Waals surface area contributed by atoms with Gasteiger partial charge in [-0.3, -0.25) is 0 Å². The fourth-order valence-corrected chi connectivity index (χ4v) is 8.23. The lowest BCUT2D eigenvalue weighted by Crippen LogP contribution is -2.57. The van der Waals surface area contributed by atoms with Gasteiger partial charge in [0.15, 0.2) is 0 Å². The summed E-state index contributed by atoms with van der Waals surface area (Å²) in [6.07, 6.45) is 12.6. The number of fused-ring (bicyclic) bond motifs is 5. The summed E-state index contributed by atoms with van der Waals surface area (Å²) in [5, 5.41) is 21.9. The lowest BCUT2D eigenvalue weighted by Gasteiger charge is -2.60. The molecule has 4 fully saturated rings. The first kappa shape index (κ1) is 18.9. The van der Waals surface area contributed by atoms with Gasteiger partial charge in [0.25, 0.3) is 0 Å². The van der Waals surface area contributed by atoms with E-state index in [9.17, 15) is 15.0 Å². The summed E-state index contributed by atoms with van der Waals surface area (Å²) >= 11 is 0. The average Bonchev–Trinajstić information content (AvgIpc) is 2.97. The number of carbonyl (C=O) groups excluding carboxylic acids is 1. The van der Waals surface area contributed by atoms with E-state index in [0.29, 0.717) is 41.4 Å². The minimum atomic E-state index is -0.485. The summed E-state index contributed by atoms with van der Waals surface area (Å²) in [5.41, 5.74) is -0.106.